The van der Waals surface area contributed by atoms with E-state index in [1.807, 2.05) is 46.0 Å². The number of ether oxygens (including phenoxy) is 1. The van der Waals surface area contributed by atoms with E-state index in [9.17, 15) is 0 Å². The largest absolute Gasteiger partial charge is 0.496 e. The normalized spacial score (nSPS) is 20.8. The third kappa shape index (κ3) is 2.99. The van der Waals surface area contributed by atoms with Gasteiger partial charge in [0.05, 0.1) is 17.8 Å². The molecule has 1 fully saturated rings. The average Bonchev–Trinajstić information content (AvgIpc) is 2.56. The molecule has 0 aliphatic carbocycles. The van der Waals surface area contributed by atoms with Crippen LogP contribution in [0.25, 0.3) is 0 Å². The van der Waals surface area contributed by atoms with Crippen molar-refractivity contribution in [3.05, 3.63) is 24.0 Å². The van der Waals surface area contributed by atoms with Crippen LogP contribution in [0.1, 0.15) is 33.4 Å². The summed E-state index contributed by atoms with van der Waals surface area (Å²) < 4.78 is 17.0. The number of hydrogen-bond donors (Lipinski definition) is 0. The van der Waals surface area contributed by atoms with Gasteiger partial charge in [0.1, 0.15) is 0 Å². The molecule has 0 amide bonds. The van der Waals surface area contributed by atoms with E-state index in [1.54, 1.807) is 7.11 Å². The summed E-state index contributed by atoms with van der Waals surface area (Å²) in [4.78, 5) is 4.42. The van der Waals surface area contributed by atoms with E-state index in [-0.39, 0.29) is 18.3 Å². The van der Waals surface area contributed by atoms with Gasteiger partial charge in [0.2, 0.25) is 0 Å². The van der Waals surface area contributed by atoms with Crippen molar-refractivity contribution in [2.75, 3.05) is 13.7 Å². The zero-order chi connectivity index (χ0) is 14.1. The van der Waals surface area contributed by atoms with Crippen molar-refractivity contribution in [2.45, 2.75) is 45.3 Å². The molecule has 0 unspecified atom stereocenters. The Morgan fingerprint density at radius 2 is 1.79 bits per heavy atom. The van der Waals surface area contributed by atoms with E-state index in [0.29, 0.717) is 6.61 Å². The molecule has 0 bridgehead atoms. The maximum atomic E-state index is 5.98. The fourth-order valence-corrected chi connectivity index (χ4v) is 1.91. The Morgan fingerprint density at radius 1 is 1.16 bits per heavy atom. The molecule has 1 saturated heterocycles. The predicted molar refractivity (Wildman–Crippen MR) is 75.5 cm³/mol. The molecular formula is C14H22BNO3. The minimum Gasteiger partial charge on any atom is -0.399 e. The van der Waals surface area contributed by atoms with Crippen LogP contribution in [-0.2, 0) is 20.5 Å². The van der Waals surface area contributed by atoms with E-state index in [4.69, 9.17) is 14.0 Å². The fraction of sp³-hybridized carbons (Fsp3) is 0.643. The number of aromatic nitrogens is 1. The maximum absolute atomic E-state index is 5.98. The van der Waals surface area contributed by atoms with Crippen LogP contribution in [0.3, 0.4) is 0 Å². The summed E-state index contributed by atoms with van der Waals surface area (Å²) in [7, 11) is 1.35. The first-order valence-electron chi connectivity index (χ1n) is 6.65. The van der Waals surface area contributed by atoms with Gasteiger partial charge in [0.15, 0.2) is 0 Å². The molecule has 1 aromatic rings. The van der Waals surface area contributed by atoms with E-state index >= 15 is 0 Å². The molecule has 0 aromatic carbocycles. The zero-order valence-electron chi connectivity index (χ0n) is 12.4. The van der Waals surface area contributed by atoms with Gasteiger partial charge in [-0.2, -0.15) is 0 Å². The molecule has 1 aromatic heterocycles. The first-order valence-corrected chi connectivity index (χ1v) is 6.65. The van der Waals surface area contributed by atoms with Gasteiger partial charge < -0.3 is 14.0 Å². The molecule has 2 rings (SSSR count). The highest BCUT2D eigenvalue weighted by Gasteiger charge is 2.51. The lowest BCUT2D eigenvalue weighted by Crippen LogP contribution is -2.41. The molecule has 0 saturated carbocycles. The van der Waals surface area contributed by atoms with Gasteiger partial charge in [-0.05, 0) is 33.8 Å². The standard InChI is InChI=1S/C14H22BNO3/c1-13(2)14(3,4)19-15(18-13)11-6-7-12(16-10-11)8-9-17-5/h6-7,10H,8-9H2,1-5H3. The first kappa shape index (κ1) is 14.5. The van der Waals surface area contributed by atoms with Gasteiger partial charge in [-0.1, -0.05) is 6.07 Å². The molecule has 1 aliphatic heterocycles. The van der Waals surface area contributed by atoms with Crippen molar-refractivity contribution in [3.8, 4) is 0 Å². The lowest BCUT2D eigenvalue weighted by Gasteiger charge is -2.32. The Labute approximate surface area is 115 Å². The Kier molecular flexibility index (Phi) is 3.99. The van der Waals surface area contributed by atoms with Gasteiger partial charge in [0, 0.05) is 30.9 Å². The third-order valence-corrected chi connectivity index (χ3v) is 3.94. The van der Waals surface area contributed by atoms with Crippen molar-refractivity contribution in [1.29, 1.82) is 0 Å². The van der Waals surface area contributed by atoms with Gasteiger partial charge in [-0.3, -0.25) is 4.98 Å². The SMILES string of the molecule is COCCc1ccc(B2OC(C)(C)C(C)(C)O2)cn1. The van der Waals surface area contributed by atoms with Gasteiger partial charge >= 0.3 is 7.12 Å². The van der Waals surface area contributed by atoms with Crippen molar-refractivity contribution >= 4 is 12.6 Å². The molecule has 104 valence electrons. The van der Waals surface area contributed by atoms with E-state index < -0.39 is 0 Å². The van der Waals surface area contributed by atoms with Crippen molar-refractivity contribution in [1.82, 2.24) is 4.98 Å². The van der Waals surface area contributed by atoms with Crippen LogP contribution in [0.15, 0.2) is 18.3 Å². The molecule has 0 spiro atoms. The van der Waals surface area contributed by atoms with Crippen LogP contribution in [-0.4, -0.2) is 37.0 Å². The van der Waals surface area contributed by atoms with Crippen molar-refractivity contribution < 1.29 is 14.0 Å². The van der Waals surface area contributed by atoms with E-state index in [0.717, 1.165) is 17.6 Å². The predicted octanol–water partition coefficient (Wildman–Crippen LogP) is 1.57. The molecule has 1 aliphatic rings. The first-order chi connectivity index (χ1) is 8.86. The lowest BCUT2D eigenvalue weighted by molar-refractivity contribution is 0.00578. The van der Waals surface area contributed by atoms with Gasteiger partial charge in [-0.25, -0.2) is 0 Å². The van der Waals surface area contributed by atoms with Gasteiger partial charge in [0.25, 0.3) is 0 Å². The summed E-state index contributed by atoms with van der Waals surface area (Å²) >= 11 is 0. The highest BCUT2D eigenvalue weighted by atomic mass is 16.7. The lowest BCUT2D eigenvalue weighted by atomic mass is 9.80. The number of pyridine rings is 1. The molecular weight excluding hydrogens is 241 g/mol. The molecule has 19 heavy (non-hydrogen) atoms. The van der Waals surface area contributed by atoms with Crippen molar-refractivity contribution in [2.24, 2.45) is 0 Å². The molecule has 2 heterocycles. The Hall–Kier alpha value is -0.905. The molecule has 0 N–H and O–H groups in total. The maximum Gasteiger partial charge on any atom is 0.496 e. The second-order valence-corrected chi connectivity index (χ2v) is 5.91. The second kappa shape index (κ2) is 5.23. The van der Waals surface area contributed by atoms with E-state index in [2.05, 4.69) is 4.98 Å². The molecule has 0 radical (unpaired) electrons. The van der Waals surface area contributed by atoms with Crippen LogP contribution < -0.4 is 5.46 Å². The van der Waals surface area contributed by atoms with Crippen LogP contribution in [0.4, 0.5) is 0 Å². The topological polar surface area (TPSA) is 40.6 Å². The minimum absolute atomic E-state index is 0.313. The average molecular weight is 263 g/mol. The summed E-state index contributed by atoms with van der Waals surface area (Å²) in [5.74, 6) is 0. The summed E-state index contributed by atoms with van der Waals surface area (Å²) in [5, 5.41) is 0. The second-order valence-electron chi connectivity index (χ2n) is 5.91. The summed E-state index contributed by atoms with van der Waals surface area (Å²) in [6.07, 6.45) is 2.65. The Bertz CT molecular complexity index is 415. The van der Waals surface area contributed by atoms with Crippen LogP contribution in [0.5, 0.6) is 0 Å². The quantitative estimate of drug-likeness (QED) is 0.773. The van der Waals surface area contributed by atoms with Gasteiger partial charge in [-0.15, -0.1) is 0 Å². The monoisotopic (exact) mass is 263 g/mol. The van der Waals surface area contributed by atoms with Crippen LogP contribution >= 0.6 is 0 Å². The van der Waals surface area contributed by atoms with E-state index in [1.165, 1.54) is 0 Å². The molecule has 4 nitrogen and oxygen atoms in total. The summed E-state index contributed by atoms with van der Waals surface area (Å²) in [6.45, 7) is 8.88. The number of methoxy groups -OCH3 is 1. The Morgan fingerprint density at radius 3 is 2.26 bits per heavy atom. The van der Waals surface area contributed by atoms with Crippen molar-refractivity contribution in [3.63, 3.8) is 0 Å². The Balaban J connectivity index is 2.08. The zero-order valence-corrected chi connectivity index (χ0v) is 12.4. The number of rotatable bonds is 4. The smallest absolute Gasteiger partial charge is 0.399 e. The highest BCUT2D eigenvalue weighted by molar-refractivity contribution is 6.62. The van der Waals surface area contributed by atoms with Crippen LogP contribution in [0, 0.1) is 0 Å². The number of nitrogens with zero attached hydrogens (tertiary/aromatic N) is 1. The minimum atomic E-state index is -0.339. The molecule has 5 heteroatoms. The molecule has 0 atom stereocenters. The summed E-state index contributed by atoms with van der Waals surface area (Å²) in [6, 6.07) is 4.01. The highest BCUT2D eigenvalue weighted by Crippen LogP contribution is 2.36. The number of hydrogen-bond acceptors (Lipinski definition) is 4. The summed E-state index contributed by atoms with van der Waals surface area (Å²) in [5.41, 5.74) is 1.35. The third-order valence-electron chi connectivity index (χ3n) is 3.94. The van der Waals surface area contributed by atoms with Crippen LogP contribution in [0.2, 0.25) is 0 Å². The fourth-order valence-electron chi connectivity index (χ4n) is 1.91.